The second-order valence-electron chi connectivity index (χ2n) is 7.68. The van der Waals surface area contributed by atoms with Crippen molar-refractivity contribution >= 4 is 5.69 Å². The zero-order valence-electron chi connectivity index (χ0n) is 13.2. The monoisotopic (exact) mass is 259 g/mol. The van der Waals surface area contributed by atoms with Crippen molar-refractivity contribution in [2.24, 2.45) is 5.41 Å². The molecule has 1 aliphatic rings. The number of hydrogen-bond donors (Lipinski definition) is 1. The van der Waals surface area contributed by atoms with Crippen LogP contribution in [0, 0.1) is 5.41 Å². The van der Waals surface area contributed by atoms with Gasteiger partial charge in [0.05, 0.1) is 0 Å². The predicted octanol–water partition coefficient (Wildman–Crippen LogP) is 5.36. The Balaban J connectivity index is 2.35. The SMILES string of the molecule is CCC[C@@H]1C[C@@](C)(CC(C)(C)C)c2ccccc2N1. The predicted molar refractivity (Wildman–Crippen MR) is 84.8 cm³/mol. The summed E-state index contributed by atoms with van der Waals surface area (Å²) in [4.78, 5) is 0. The van der Waals surface area contributed by atoms with Crippen LogP contribution in [0.3, 0.4) is 0 Å². The molecule has 1 nitrogen and oxygen atoms in total. The van der Waals surface area contributed by atoms with Gasteiger partial charge in [-0.2, -0.15) is 0 Å². The number of para-hydroxylation sites is 1. The van der Waals surface area contributed by atoms with Gasteiger partial charge in [-0.1, -0.05) is 59.2 Å². The average Bonchev–Trinajstić information content (AvgIpc) is 2.26. The van der Waals surface area contributed by atoms with E-state index in [1.165, 1.54) is 36.9 Å². The maximum atomic E-state index is 3.74. The van der Waals surface area contributed by atoms with Crippen LogP contribution >= 0.6 is 0 Å². The van der Waals surface area contributed by atoms with Crippen LogP contribution < -0.4 is 5.32 Å². The molecular formula is C18H29N. The molecule has 1 aromatic rings. The zero-order chi connectivity index (χ0) is 14.1. The first-order chi connectivity index (χ1) is 8.84. The van der Waals surface area contributed by atoms with E-state index in [9.17, 15) is 0 Å². The molecular weight excluding hydrogens is 230 g/mol. The molecule has 1 heteroatoms. The highest BCUT2D eigenvalue weighted by molar-refractivity contribution is 5.57. The van der Waals surface area contributed by atoms with Crippen LogP contribution in [0.15, 0.2) is 24.3 Å². The normalized spacial score (nSPS) is 26.7. The molecule has 2 rings (SSSR count). The number of rotatable bonds is 3. The average molecular weight is 259 g/mol. The van der Waals surface area contributed by atoms with Crippen LogP contribution in [0.4, 0.5) is 5.69 Å². The molecule has 1 heterocycles. The van der Waals surface area contributed by atoms with E-state index in [0.29, 0.717) is 16.9 Å². The van der Waals surface area contributed by atoms with Crippen LogP contribution in [0.5, 0.6) is 0 Å². The van der Waals surface area contributed by atoms with E-state index < -0.39 is 0 Å². The van der Waals surface area contributed by atoms with Gasteiger partial charge in [-0.25, -0.2) is 0 Å². The van der Waals surface area contributed by atoms with E-state index in [1.807, 2.05) is 0 Å². The fourth-order valence-electron chi connectivity index (χ4n) is 3.92. The van der Waals surface area contributed by atoms with Gasteiger partial charge in [0.15, 0.2) is 0 Å². The highest BCUT2D eigenvalue weighted by Gasteiger charge is 2.38. The third-order valence-electron chi connectivity index (χ3n) is 4.19. The molecule has 0 amide bonds. The van der Waals surface area contributed by atoms with Crippen LogP contribution in [-0.2, 0) is 5.41 Å². The van der Waals surface area contributed by atoms with Crippen molar-refractivity contribution in [2.75, 3.05) is 5.32 Å². The van der Waals surface area contributed by atoms with Crippen LogP contribution in [0.2, 0.25) is 0 Å². The van der Waals surface area contributed by atoms with Crippen molar-refractivity contribution in [1.82, 2.24) is 0 Å². The lowest BCUT2D eigenvalue weighted by Gasteiger charge is -2.44. The second kappa shape index (κ2) is 5.19. The topological polar surface area (TPSA) is 12.0 Å². The molecule has 0 bridgehead atoms. The van der Waals surface area contributed by atoms with E-state index in [2.05, 4.69) is 64.2 Å². The van der Waals surface area contributed by atoms with Crippen molar-refractivity contribution in [2.45, 2.75) is 71.8 Å². The summed E-state index contributed by atoms with van der Waals surface area (Å²) < 4.78 is 0. The molecule has 106 valence electrons. The Morgan fingerprint density at radius 3 is 2.58 bits per heavy atom. The number of fused-ring (bicyclic) bond motifs is 1. The molecule has 0 fully saturated rings. The summed E-state index contributed by atoms with van der Waals surface area (Å²) in [5.41, 5.74) is 3.55. The minimum Gasteiger partial charge on any atom is -0.382 e. The summed E-state index contributed by atoms with van der Waals surface area (Å²) in [6.45, 7) is 11.8. The van der Waals surface area contributed by atoms with Crippen molar-refractivity contribution in [3.63, 3.8) is 0 Å². The molecule has 1 aromatic carbocycles. The molecule has 0 saturated heterocycles. The molecule has 1 aliphatic heterocycles. The first-order valence-electron chi connectivity index (χ1n) is 7.70. The van der Waals surface area contributed by atoms with Crippen LogP contribution in [-0.4, -0.2) is 6.04 Å². The Kier molecular flexibility index (Phi) is 3.94. The van der Waals surface area contributed by atoms with Crippen LogP contribution in [0.1, 0.15) is 65.9 Å². The van der Waals surface area contributed by atoms with E-state index in [4.69, 9.17) is 0 Å². The van der Waals surface area contributed by atoms with E-state index in [0.717, 1.165) is 0 Å². The lowest BCUT2D eigenvalue weighted by molar-refractivity contribution is 0.239. The minimum absolute atomic E-state index is 0.305. The number of benzene rings is 1. The van der Waals surface area contributed by atoms with Gasteiger partial charge in [0.2, 0.25) is 0 Å². The lowest BCUT2D eigenvalue weighted by Crippen LogP contribution is -2.40. The Bertz CT molecular complexity index is 430. The molecule has 0 spiro atoms. The van der Waals surface area contributed by atoms with Crippen LogP contribution in [0.25, 0.3) is 0 Å². The Morgan fingerprint density at radius 2 is 1.95 bits per heavy atom. The molecule has 2 atom stereocenters. The molecule has 0 radical (unpaired) electrons. The minimum atomic E-state index is 0.305. The standard InChI is InChI=1S/C18H29N/c1-6-9-14-12-18(5,13-17(2,3)4)15-10-7-8-11-16(15)19-14/h7-8,10-11,14,19H,6,9,12-13H2,1-5H3/t14-,18+/m1/s1. The summed E-state index contributed by atoms with van der Waals surface area (Å²) in [5.74, 6) is 0. The van der Waals surface area contributed by atoms with E-state index in [1.54, 1.807) is 0 Å². The molecule has 19 heavy (non-hydrogen) atoms. The van der Waals surface area contributed by atoms with Crippen molar-refractivity contribution in [1.29, 1.82) is 0 Å². The quantitative estimate of drug-likeness (QED) is 0.770. The lowest BCUT2D eigenvalue weighted by atomic mass is 9.65. The fraction of sp³-hybridized carbons (Fsp3) is 0.667. The van der Waals surface area contributed by atoms with Gasteiger partial charge < -0.3 is 5.32 Å². The molecule has 0 aromatic heterocycles. The number of anilines is 1. The first-order valence-corrected chi connectivity index (χ1v) is 7.70. The summed E-state index contributed by atoms with van der Waals surface area (Å²) in [7, 11) is 0. The first kappa shape index (κ1) is 14.4. The maximum Gasteiger partial charge on any atom is 0.0380 e. The van der Waals surface area contributed by atoms with Gasteiger partial charge in [0, 0.05) is 11.7 Å². The molecule has 0 saturated carbocycles. The van der Waals surface area contributed by atoms with Crippen molar-refractivity contribution in [3.8, 4) is 0 Å². The Morgan fingerprint density at radius 1 is 1.26 bits per heavy atom. The van der Waals surface area contributed by atoms with Gasteiger partial charge >= 0.3 is 0 Å². The molecule has 0 unspecified atom stereocenters. The molecule has 0 aliphatic carbocycles. The highest BCUT2D eigenvalue weighted by Crippen LogP contribution is 2.46. The summed E-state index contributed by atoms with van der Waals surface area (Å²) in [5, 5.41) is 3.74. The van der Waals surface area contributed by atoms with E-state index in [-0.39, 0.29) is 0 Å². The summed E-state index contributed by atoms with van der Waals surface area (Å²) in [6.07, 6.45) is 5.04. The third-order valence-corrected chi connectivity index (χ3v) is 4.19. The fourth-order valence-corrected chi connectivity index (χ4v) is 3.92. The van der Waals surface area contributed by atoms with E-state index >= 15 is 0 Å². The largest absolute Gasteiger partial charge is 0.382 e. The number of hydrogen-bond acceptors (Lipinski definition) is 1. The summed E-state index contributed by atoms with van der Waals surface area (Å²) >= 11 is 0. The third kappa shape index (κ3) is 3.32. The van der Waals surface area contributed by atoms with Gasteiger partial charge in [-0.15, -0.1) is 0 Å². The Hall–Kier alpha value is -0.980. The van der Waals surface area contributed by atoms with Gasteiger partial charge in [-0.3, -0.25) is 0 Å². The van der Waals surface area contributed by atoms with Gasteiger partial charge in [0.25, 0.3) is 0 Å². The van der Waals surface area contributed by atoms with Gasteiger partial charge in [0.1, 0.15) is 0 Å². The highest BCUT2D eigenvalue weighted by atomic mass is 14.9. The Labute approximate surface area is 118 Å². The maximum absolute atomic E-state index is 3.74. The van der Waals surface area contributed by atoms with Crippen molar-refractivity contribution in [3.05, 3.63) is 29.8 Å². The molecule has 1 N–H and O–H groups in total. The number of nitrogens with one attached hydrogen (secondary N) is 1. The zero-order valence-corrected chi connectivity index (χ0v) is 13.2. The second-order valence-corrected chi connectivity index (χ2v) is 7.68. The smallest absolute Gasteiger partial charge is 0.0380 e. The van der Waals surface area contributed by atoms with Crippen molar-refractivity contribution < 1.29 is 0 Å². The summed E-state index contributed by atoms with van der Waals surface area (Å²) in [6, 6.07) is 9.53. The van der Waals surface area contributed by atoms with Gasteiger partial charge in [-0.05, 0) is 41.7 Å².